The summed E-state index contributed by atoms with van der Waals surface area (Å²) in [7, 11) is 0. The van der Waals surface area contributed by atoms with Gasteiger partial charge in [-0.3, -0.25) is 4.99 Å². The highest BCUT2D eigenvalue weighted by Crippen LogP contribution is 2.11. The fraction of sp³-hybridized carbons (Fsp3) is 0.300. The molecule has 1 N–H and O–H groups in total. The number of halogens is 2. The van der Waals surface area contributed by atoms with Crippen LogP contribution < -0.4 is 5.32 Å². The highest BCUT2D eigenvalue weighted by atomic mass is 32.2. The van der Waals surface area contributed by atoms with Gasteiger partial charge in [0.25, 0.3) is 0 Å². The van der Waals surface area contributed by atoms with Gasteiger partial charge in [-0.2, -0.15) is 0 Å². The Morgan fingerprint density at radius 3 is 2.87 bits per heavy atom. The van der Waals surface area contributed by atoms with E-state index in [-0.39, 0.29) is 0 Å². The molecule has 1 heterocycles. The third-order valence-electron chi connectivity index (χ3n) is 2.01. The van der Waals surface area contributed by atoms with E-state index < -0.39 is 11.6 Å². The second kappa shape index (κ2) is 4.61. The van der Waals surface area contributed by atoms with Crippen molar-refractivity contribution in [2.24, 2.45) is 4.99 Å². The molecule has 0 saturated heterocycles. The summed E-state index contributed by atoms with van der Waals surface area (Å²) < 4.78 is 25.5. The van der Waals surface area contributed by atoms with Gasteiger partial charge >= 0.3 is 0 Å². The minimum Gasteiger partial charge on any atom is -0.361 e. The van der Waals surface area contributed by atoms with Crippen LogP contribution in [-0.4, -0.2) is 17.5 Å². The van der Waals surface area contributed by atoms with Gasteiger partial charge in [0, 0.05) is 12.3 Å². The van der Waals surface area contributed by atoms with Crippen molar-refractivity contribution in [2.75, 3.05) is 12.3 Å². The average molecular weight is 228 g/mol. The van der Waals surface area contributed by atoms with E-state index in [0.717, 1.165) is 23.5 Å². The third kappa shape index (κ3) is 2.68. The first-order valence-electron chi connectivity index (χ1n) is 4.61. The van der Waals surface area contributed by atoms with Crippen LogP contribution in [0.2, 0.25) is 0 Å². The van der Waals surface area contributed by atoms with Gasteiger partial charge in [0.1, 0.15) is 0 Å². The Hall–Kier alpha value is -1.10. The Balaban J connectivity index is 1.96. The first-order valence-corrected chi connectivity index (χ1v) is 5.59. The SMILES string of the molecule is Fc1ccc(CNC2=NCCS2)cc1F. The zero-order chi connectivity index (χ0) is 10.7. The lowest BCUT2D eigenvalue weighted by molar-refractivity contribution is 0.507. The number of rotatable bonds is 2. The van der Waals surface area contributed by atoms with Gasteiger partial charge < -0.3 is 5.32 Å². The van der Waals surface area contributed by atoms with E-state index in [1.54, 1.807) is 17.8 Å². The van der Waals surface area contributed by atoms with Gasteiger partial charge in [-0.25, -0.2) is 8.78 Å². The molecule has 0 aromatic heterocycles. The Bertz CT molecular complexity index is 393. The van der Waals surface area contributed by atoms with E-state index in [0.29, 0.717) is 12.1 Å². The lowest BCUT2D eigenvalue weighted by Gasteiger charge is -2.05. The van der Waals surface area contributed by atoms with Gasteiger partial charge in [0.05, 0.1) is 6.54 Å². The van der Waals surface area contributed by atoms with Gasteiger partial charge in [-0.1, -0.05) is 17.8 Å². The Morgan fingerprint density at radius 2 is 2.20 bits per heavy atom. The van der Waals surface area contributed by atoms with Crippen LogP contribution >= 0.6 is 11.8 Å². The summed E-state index contributed by atoms with van der Waals surface area (Å²) in [6.07, 6.45) is 0. The van der Waals surface area contributed by atoms with Crippen molar-refractivity contribution in [3.8, 4) is 0 Å². The third-order valence-corrected chi connectivity index (χ3v) is 2.95. The number of thioether (sulfide) groups is 1. The molecule has 0 fully saturated rings. The summed E-state index contributed by atoms with van der Waals surface area (Å²) in [6.45, 7) is 1.30. The first-order chi connectivity index (χ1) is 7.25. The van der Waals surface area contributed by atoms with Crippen LogP contribution in [0.15, 0.2) is 23.2 Å². The lowest BCUT2D eigenvalue weighted by atomic mass is 10.2. The van der Waals surface area contributed by atoms with Crippen molar-refractivity contribution in [1.82, 2.24) is 5.32 Å². The van der Waals surface area contributed by atoms with E-state index >= 15 is 0 Å². The Kier molecular flexibility index (Phi) is 3.20. The molecule has 0 unspecified atom stereocenters. The number of nitrogens with zero attached hydrogens (tertiary/aromatic N) is 1. The fourth-order valence-corrected chi connectivity index (χ4v) is 2.00. The molecule has 1 aliphatic heterocycles. The summed E-state index contributed by atoms with van der Waals surface area (Å²) in [4.78, 5) is 4.19. The number of aliphatic imine (C=N–C) groups is 1. The highest BCUT2D eigenvalue weighted by Gasteiger charge is 2.07. The quantitative estimate of drug-likeness (QED) is 0.838. The van der Waals surface area contributed by atoms with Crippen LogP contribution in [0.1, 0.15) is 5.56 Å². The van der Waals surface area contributed by atoms with Crippen LogP contribution in [0, 0.1) is 11.6 Å². The lowest BCUT2D eigenvalue weighted by Crippen LogP contribution is -2.18. The van der Waals surface area contributed by atoms with Crippen LogP contribution in [0.3, 0.4) is 0 Å². The van der Waals surface area contributed by atoms with Crippen molar-refractivity contribution in [3.05, 3.63) is 35.4 Å². The molecule has 80 valence electrons. The topological polar surface area (TPSA) is 24.4 Å². The molecule has 0 aliphatic carbocycles. The maximum atomic E-state index is 12.8. The van der Waals surface area contributed by atoms with Crippen molar-refractivity contribution in [1.29, 1.82) is 0 Å². The molecule has 0 spiro atoms. The van der Waals surface area contributed by atoms with Crippen molar-refractivity contribution in [3.63, 3.8) is 0 Å². The van der Waals surface area contributed by atoms with Crippen molar-refractivity contribution in [2.45, 2.75) is 6.54 Å². The van der Waals surface area contributed by atoms with Gasteiger partial charge in [0.15, 0.2) is 16.8 Å². The molecule has 1 aliphatic rings. The van der Waals surface area contributed by atoms with Crippen LogP contribution in [0.4, 0.5) is 8.78 Å². The van der Waals surface area contributed by atoms with E-state index in [1.807, 2.05) is 0 Å². The van der Waals surface area contributed by atoms with Gasteiger partial charge in [0.2, 0.25) is 0 Å². The molecule has 2 nitrogen and oxygen atoms in total. The number of benzene rings is 1. The molecule has 0 saturated carbocycles. The number of hydrogen-bond acceptors (Lipinski definition) is 3. The molecular weight excluding hydrogens is 218 g/mol. The highest BCUT2D eigenvalue weighted by molar-refractivity contribution is 8.14. The van der Waals surface area contributed by atoms with Gasteiger partial charge in [-0.05, 0) is 17.7 Å². The summed E-state index contributed by atoms with van der Waals surface area (Å²) in [6, 6.07) is 3.89. The molecular formula is C10H10F2N2S. The van der Waals surface area contributed by atoms with E-state index in [4.69, 9.17) is 0 Å². The first kappa shape index (κ1) is 10.4. The largest absolute Gasteiger partial charge is 0.361 e. The van der Waals surface area contributed by atoms with E-state index in [2.05, 4.69) is 10.3 Å². The summed E-state index contributed by atoms with van der Waals surface area (Å²) in [5.41, 5.74) is 0.712. The molecule has 2 rings (SSSR count). The van der Waals surface area contributed by atoms with Crippen molar-refractivity contribution >= 4 is 16.9 Å². The smallest absolute Gasteiger partial charge is 0.159 e. The molecule has 1 aromatic rings. The number of hydrogen-bond donors (Lipinski definition) is 1. The molecule has 0 radical (unpaired) electrons. The monoisotopic (exact) mass is 228 g/mol. The Morgan fingerprint density at radius 1 is 1.33 bits per heavy atom. The molecule has 5 heteroatoms. The number of nitrogens with one attached hydrogen (secondary N) is 1. The minimum absolute atomic E-state index is 0.475. The molecule has 15 heavy (non-hydrogen) atoms. The van der Waals surface area contributed by atoms with Crippen LogP contribution in [0.25, 0.3) is 0 Å². The minimum atomic E-state index is -0.814. The predicted molar refractivity (Wildman–Crippen MR) is 58.0 cm³/mol. The second-order valence-electron chi connectivity index (χ2n) is 3.14. The molecule has 0 atom stereocenters. The molecule has 0 bridgehead atoms. The second-order valence-corrected chi connectivity index (χ2v) is 4.22. The summed E-state index contributed by atoms with van der Waals surface area (Å²) in [5, 5.41) is 3.94. The predicted octanol–water partition coefficient (Wildman–Crippen LogP) is 2.16. The zero-order valence-electron chi connectivity index (χ0n) is 7.96. The standard InChI is InChI=1S/C10H10F2N2S/c11-8-2-1-7(5-9(8)12)6-14-10-13-3-4-15-10/h1-2,5H,3-4,6H2,(H,13,14). The molecule has 0 amide bonds. The maximum absolute atomic E-state index is 12.8. The normalized spacial score (nSPS) is 15.2. The fourth-order valence-electron chi connectivity index (χ4n) is 1.27. The van der Waals surface area contributed by atoms with Crippen LogP contribution in [0.5, 0.6) is 0 Å². The average Bonchev–Trinajstić information content (AvgIpc) is 2.73. The molecule has 1 aromatic carbocycles. The van der Waals surface area contributed by atoms with E-state index in [9.17, 15) is 8.78 Å². The van der Waals surface area contributed by atoms with Crippen LogP contribution in [-0.2, 0) is 6.54 Å². The van der Waals surface area contributed by atoms with E-state index in [1.165, 1.54) is 6.07 Å². The maximum Gasteiger partial charge on any atom is 0.159 e. The summed E-state index contributed by atoms with van der Waals surface area (Å²) in [5.74, 6) is -0.637. The number of amidine groups is 1. The summed E-state index contributed by atoms with van der Waals surface area (Å²) >= 11 is 1.64. The van der Waals surface area contributed by atoms with Gasteiger partial charge in [-0.15, -0.1) is 0 Å². The Labute approximate surface area is 90.8 Å². The van der Waals surface area contributed by atoms with Crippen molar-refractivity contribution < 1.29 is 8.78 Å². The zero-order valence-corrected chi connectivity index (χ0v) is 8.78.